The molecule has 1 saturated carbocycles. The summed E-state index contributed by atoms with van der Waals surface area (Å²) < 4.78 is 0. The molecule has 2 heteroatoms. The summed E-state index contributed by atoms with van der Waals surface area (Å²) in [5.74, 6) is 1.82. The quantitative estimate of drug-likeness (QED) is 0.672. The molecule has 3 atom stereocenters. The Labute approximate surface area is 86.9 Å². The third-order valence-electron chi connectivity index (χ3n) is 3.98. The van der Waals surface area contributed by atoms with E-state index in [0.717, 1.165) is 18.3 Å². The lowest BCUT2D eigenvalue weighted by atomic mass is 9.82. The van der Waals surface area contributed by atoms with Gasteiger partial charge in [0.05, 0.1) is 12.1 Å². The first-order valence-electron chi connectivity index (χ1n) is 5.98. The fraction of sp³-hybridized carbons (Fsp3) is 0.917. The highest BCUT2D eigenvalue weighted by Gasteiger charge is 2.36. The lowest BCUT2D eigenvalue weighted by Crippen LogP contribution is -2.31. The van der Waals surface area contributed by atoms with Crippen LogP contribution in [0.15, 0.2) is 0 Å². The molecule has 1 saturated heterocycles. The smallest absolute Gasteiger partial charge is 0.0975 e. The van der Waals surface area contributed by atoms with Gasteiger partial charge in [0.25, 0.3) is 0 Å². The van der Waals surface area contributed by atoms with Crippen LogP contribution in [-0.2, 0) is 0 Å². The summed E-state index contributed by atoms with van der Waals surface area (Å²) >= 11 is 0. The largest absolute Gasteiger partial charge is 0.287 e. The zero-order valence-corrected chi connectivity index (χ0v) is 9.08. The first kappa shape index (κ1) is 9.98. The van der Waals surface area contributed by atoms with Gasteiger partial charge >= 0.3 is 0 Å². The summed E-state index contributed by atoms with van der Waals surface area (Å²) in [4.78, 5) is 2.42. The Balaban J connectivity index is 1.95. The van der Waals surface area contributed by atoms with E-state index in [0.29, 0.717) is 0 Å². The molecule has 2 fully saturated rings. The zero-order chi connectivity index (χ0) is 9.97. The van der Waals surface area contributed by atoms with E-state index in [2.05, 4.69) is 17.9 Å². The van der Waals surface area contributed by atoms with Crippen molar-refractivity contribution in [3.63, 3.8) is 0 Å². The molecule has 0 aromatic rings. The van der Waals surface area contributed by atoms with Gasteiger partial charge in [0, 0.05) is 13.1 Å². The summed E-state index contributed by atoms with van der Waals surface area (Å²) in [6, 6.07) is 2.61. The van der Waals surface area contributed by atoms with Crippen molar-refractivity contribution in [1.29, 1.82) is 5.26 Å². The van der Waals surface area contributed by atoms with E-state index >= 15 is 0 Å². The molecule has 0 N–H and O–H groups in total. The van der Waals surface area contributed by atoms with E-state index < -0.39 is 0 Å². The minimum atomic E-state index is 0.181. The van der Waals surface area contributed by atoms with E-state index in [1.165, 1.54) is 38.8 Å². The first-order valence-corrected chi connectivity index (χ1v) is 5.98. The Hall–Kier alpha value is -0.550. The third-order valence-corrected chi connectivity index (χ3v) is 3.98. The van der Waals surface area contributed by atoms with E-state index in [9.17, 15) is 0 Å². The molecule has 14 heavy (non-hydrogen) atoms. The van der Waals surface area contributed by atoms with Gasteiger partial charge < -0.3 is 0 Å². The summed E-state index contributed by atoms with van der Waals surface area (Å²) in [6.07, 6.45) is 6.62. The Bertz CT molecular complexity index is 217. The molecule has 0 bridgehead atoms. The van der Waals surface area contributed by atoms with E-state index in [4.69, 9.17) is 5.26 Å². The molecule has 1 aliphatic heterocycles. The van der Waals surface area contributed by atoms with Crippen LogP contribution >= 0.6 is 0 Å². The highest BCUT2D eigenvalue weighted by molar-refractivity contribution is 4.97. The monoisotopic (exact) mass is 192 g/mol. The van der Waals surface area contributed by atoms with E-state index in [-0.39, 0.29) is 6.04 Å². The summed E-state index contributed by atoms with van der Waals surface area (Å²) in [7, 11) is 0. The van der Waals surface area contributed by atoms with Gasteiger partial charge in [0.1, 0.15) is 0 Å². The van der Waals surface area contributed by atoms with Crippen LogP contribution in [0.1, 0.15) is 39.0 Å². The number of hydrogen-bond donors (Lipinski definition) is 0. The van der Waals surface area contributed by atoms with Crippen molar-refractivity contribution in [3.05, 3.63) is 0 Å². The van der Waals surface area contributed by atoms with Crippen LogP contribution < -0.4 is 0 Å². The number of nitriles is 1. The molecule has 0 aromatic carbocycles. The number of hydrogen-bond acceptors (Lipinski definition) is 2. The molecule has 78 valence electrons. The van der Waals surface area contributed by atoms with Gasteiger partial charge in [-0.2, -0.15) is 5.26 Å². The van der Waals surface area contributed by atoms with E-state index in [1.807, 2.05) is 0 Å². The van der Waals surface area contributed by atoms with Crippen molar-refractivity contribution in [3.8, 4) is 6.07 Å². The van der Waals surface area contributed by atoms with Gasteiger partial charge in [-0.3, -0.25) is 4.90 Å². The van der Waals surface area contributed by atoms with Gasteiger partial charge in [-0.1, -0.05) is 19.8 Å². The maximum absolute atomic E-state index is 9.03. The lowest BCUT2D eigenvalue weighted by Gasteiger charge is -2.23. The summed E-state index contributed by atoms with van der Waals surface area (Å²) in [5.41, 5.74) is 0. The Morgan fingerprint density at radius 2 is 1.86 bits per heavy atom. The molecular formula is C12H20N2. The fourth-order valence-electron chi connectivity index (χ4n) is 3.13. The minimum absolute atomic E-state index is 0.181. The average Bonchev–Trinajstić information content (AvgIpc) is 2.63. The predicted molar refractivity (Wildman–Crippen MR) is 56.7 cm³/mol. The number of fused-ring (bicyclic) bond motifs is 1. The molecule has 0 spiro atoms. The van der Waals surface area contributed by atoms with Crippen molar-refractivity contribution >= 4 is 0 Å². The van der Waals surface area contributed by atoms with Crippen LogP contribution in [-0.4, -0.2) is 24.0 Å². The molecule has 0 aromatic heterocycles. The van der Waals surface area contributed by atoms with Gasteiger partial charge in [-0.25, -0.2) is 0 Å². The molecule has 3 unspecified atom stereocenters. The summed E-state index contributed by atoms with van der Waals surface area (Å²) in [6.45, 7) is 4.50. The van der Waals surface area contributed by atoms with Crippen LogP contribution in [0, 0.1) is 23.2 Å². The van der Waals surface area contributed by atoms with Crippen molar-refractivity contribution in [2.45, 2.75) is 45.1 Å². The molecule has 2 aliphatic rings. The van der Waals surface area contributed by atoms with Gasteiger partial charge in [0.15, 0.2) is 0 Å². The minimum Gasteiger partial charge on any atom is -0.287 e. The Morgan fingerprint density at radius 3 is 2.29 bits per heavy atom. The number of likely N-dealkylation sites (tertiary alicyclic amines) is 1. The predicted octanol–water partition coefficient (Wildman–Crippen LogP) is 2.41. The SMILES string of the molecule is CCC(C#N)N1CC2CCCCC2C1. The second-order valence-electron chi connectivity index (χ2n) is 4.81. The zero-order valence-electron chi connectivity index (χ0n) is 9.08. The van der Waals surface area contributed by atoms with Crippen LogP contribution in [0.5, 0.6) is 0 Å². The van der Waals surface area contributed by atoms with Gasteiger partial charge in [-0.05, 0) is 31.1 Å². The molecule has 0 radical (unpaired) electrons. The Kier molecular flexibility index (Phi) is 3.08. The highest BCUT2D eigenvalue weighted by Crippen LogP contribution is 2.36. The fourth-order valence-corrected chi connectivity index (χ4v) is 3.13. The van der Waals surface area contributed by atoms with Crippen molar-refractivity contribution < 1.29 is 0 Å². The molecule has 1 aliphatic carbocycles. The van der Waals surface area contributed by atoms with E-state index in [1.54, 1.807) is 0 Å². The topological polar surface area (TPSA) is 27.0 Å². The van der Waals surface area contributed by atoms with Crippen LogP contribution in [0.4, 0.5) is 0 Å². The number of rotatable bonds is 2. The molecule has 1 heterocycles. The molecule has 2 rings (SSSR count). The van der Waals surface area contributed by atoms with Crippen molar-refractivity contribution in [1.82, 2.24) is 4.90 Å². The highest BCUT2D eigenvalue weighted by atomic mass is 15.2. The standard InChI is InChI=1S/C12H20N2/c1-2-12(7-13)14-8-10-5-3-4-6-11(10)9-14/h10-12H,2-6,8-9H2,1H3. The molecular weight excluding hydrogens is 172 g/mol. The van der Waals surface area contributed by atoms with Gasteiger partial charge in [0.2, 0.25) is 0 Å². The second-order valence-corrected chi connectivity index (χ2v) is 4.81. The summed E-state index contributed by atoms with van der Waals surface area (Å²) in [5, 5.41) is 9.03. The molecule has 2 nitrogen and oxygen atoms in total. The first-order chi connectivity index (χ1) is 6.85. The molecule has 0 amide bonds. The normalized spacial score (nSPS) is 34.9. The van der Waals surface area contributed by atoms with Crippen LogP contribution in [0.25, 0.3) is 0 Å². The van der Waals surface area contributed by atoms with Crippen molar-refractivity contribution in [2.24, 2.45) is 11.8 Å². The lowest BCUT2D eigenvalue weighted by molar-refractivity contribution is 0.269. The van der Waals surface area contributed by atoms with Crippen LogP contribution in [0.2, 0.25) is 0 Å². The maximum Gasteiger partial charge on any atom is 0.0975 e. The Morgan fingerprint density at radius 1 is 1.29 bits per heavy atom. The average molecular weight is 192 g/mol. The van der Waals surface area contributed by atoms with Gasteiger partial charge in [-0.15, -0.1) is 0 Å². The maximum atomic E-state index is 9.03. The number of nitrogens with zero attached hydrogens (tertiary/aromatic N) is 2. The van der Waals surface area contributed by atoms with Crippen molar-refractivity contribution in [2.75, 3.05) is 13.1 Å². The second kappa shape index (κ2) is 4.31. The van der Waals surface area contributed by atoms with Crippen LogP contribution in [0.3, 0.4) is 0 Å². The third kappa shape index (κ3) is 1.79.